The molecule has 0 aliphatic carbocycles. The minimum Gasteiger partial charge on any atom is -0.495 e. The number of ether oxygens (including phenoxy) is 3. The summed E-state index contributed by atoms with van der Waals surface area (Å²) in [5, 5.41) is 3.52. The Hall–Kier alpha value is -1.50. The lowest BCUT2D eigenvalue weighted by Crippen LogP contribution is -2.23. The third kappa shape index (κ3) is 6.25. The summed E-state index contributed by atoms with van der Waals surface area (Å²) < 4.78 is 16.0. The van der Waals surface area contributed by atoms with Crippen molar-refractivity contribution >= 4 is 23.2 Å². The molecule has 1 atom stereocenters. The molecular weight excluding hydrogens is 318 g/mol. The van der Waals surface area contributed by atoms with Gasteiger partial charge in [0, 0.05) is 31.4 Å². The first-order valence-electron chi connectivity index (χ1n) is 7.75. The average Bonchev–Trinajstić information content (AvgIpc) is 3.04. The highest BCUT2D eigenvalue weighted by Gasteiger charge is 2.15. The number of methoxy groups -OCH3 is 1. The number of aliphatic imine (C=N–C) groups is 1. The highest BCUT2D eigenvalue weighted by molar-refractivity contribution is 6.32. The highest BCUT2D eigenvalue weighted by Crippen LogP contribution is 2.26. The quantitative estimate of drug-likeness (QED) is 0.431. The molecule has 2 rings (SSSR count). The van der Waals surface area contributed by atoms with Gasteiger partial charge < -0.3 is 25.3 Å². The van der Waals surface area contributed by atoms with Gasteiger partial charge in [0.15, 0.2) is 5.96 Å². The summed E-state index contributed by atoms with van der Waals surface area (Å²) >= 11 is 6.06. The van der Waals surface area contributed by atoms with Crippen LogP contribution in [0, 0.1) is 5.92 Å². The molecule has 23 heavy (non-hydrogen) atoms. The van der Waals surface area contributed by atoms with E-state index in [9.17, 15) is 0 Å². The third-order valence-electron chi connectivity index (χ3n) is 3.53. The summed E-state index contributed by atoms with van der Waals surface area (Å²) in [6.45, 7) is 3.74. The maximum absolute atomic E-state index is 6.06. The molecule has 128 valence electrons. The molecule has 0 bridgehead atoms. The molecule has 1 aliphatic heterocycles. The number of rotatable bonds is 8. The predicted octanol–water partition coefficient (Wildman–Crippen LogP) is 2.52. The number of nitrogens with one attached hydrogen (secondary N) is 1. The standard InChI is InChI=1S/C16H24ClN3O3/c1-21-15-4-3-13(9-14(15)17)20-16(18)19-6-2-7-22-10-12-5-8-23-11-12/h3-4,9,12H,2,5-8,10-11H2,1H3,(H3,18,19,20). The molecule has 0 spiro atoms. The van der Waals surface area contributed by atoms with Crippen molar-refractivity contribution in [1.29, 1.82) is 0 Å². The number of hydrogen-bond acceptors (Lipinski definition) is 4. The van der Waals surface area contributed by atoms with E-state index in [1.165, 1.54) is 0 Å². The van der Waals surface area contributed by atoms with Crippen LogP contribution < -0.4 is 15.8 Å². The van der Waals surface area contributed by atoms with E-state index in [2.05, 4.69) is 10.3 Å². The Kier molecular flexibility index (Phi) is 7.45. The van der Waals surface area contributed by atoms with Crippen LogP contribution in [0.1, 0.15) is 12.8 Å². The zero-order valence-electron chi connectivity index (χ0n) is 13.4. The van der Waals surface area contributed by atoms with Crippen LogP contribution in [0.4, 0.5) is 5.69 Å². The Morgan fingerprint density at radius 3 is 3.09 bits per heavy atom. The largest absolute Gasteiger partial charge is 0.495 e. The average molecular weight is 342 g/mol. The smallest absolute Gasteiger partial charge is 0.193 e. The Morgan fingerprint density at radius 1 is 1.52 bits per heavy atom. The van der Waals surface area contributed by atoms with Crippen molar-refractivity contribution in [2.75, 3.05) is 45.4 Å². The predicted molar refractivity (Wildman–Crippen MR) is 92.5 cm³/mol. The second-order valence-corrected chi connectivity index (χ2v) is 5.81. The third-order valence-corrected chi connectivity index (χ3v) is 3.83. The van der Waals surface area contributed by atoms with Crippen molar-refractivity contribution in [2.24, 2.45) is 16.6 Å². The van der Waals surface area contributed by atoms with Gasteiger partial charge in [-0.15, -0.1) is 0 Å². The Bertz CT molecular complexity index is 519. The van der Waals surface area contributed by atoms with Crippen LogP contribution in [0.3, 0.4) is 0 Å². The summed E-state index contributed by atoms with van der Waals surface area (Å²) in [4.78, 5) is 4.27. The molecule has 6 nitrogen and oxygen atoms in total. The van der Waals surface area contributed by atoms with Crippen molar-refractivity contribution in [3.05, 3.63) is 23.2 Å². The number of guanidine groups is 1. The first kappa shape index (κ1) is 17.8. The van der Waals surface area contributed by atoms with Crippen molar-refractivity contribution in [3.63, 3.8) is 0 Å². The topological polar surface area (TPSA) is 78.1 Å². The SMILES string of the molecule is COc1ccc(NC(N)=NCCCOCC2CCOC2)cc1Cl. The van der Waals surface area contributed by atoms with Gasteiger partial charge in [-0.3, -0.25) is 4.99 Å². The minimum atomic E-state index is 0.357. The second kappa shape index (κ2) is 9.60. The maximum atomic E-state index is 6.06. The lowest BCUT2D eigenvalue weighted by Gasteiger charge is -2.09. The molecule has 0 amide bonds. The molecule has 1 saturated heterocycles. The van der Waals surface area contributed by atoms with E-state index in [-0.39, 0.29) is 0 Å². The van der Waals surface area contributed by atoms with Crippen LogP contribution in [0.25, 0.3) is 0 Å². The van der Waals surface area contributed by atoms with E-state index in [0.717, 1.165) is 38.3 Å². The summed E-state index contributed by atoms with van der Waals surface area (Å²) in [5.41, 5.74) is 6.62. The summed E-state index contributed by atoms with van der Waals surface area (Å²) in [6, 6.07) is 5.36. The van der Waals surface area contributed by atoms with Crippen molar-refractivity contribution in [2.45, 2.75) is 12.8 Å². The van der Waals surface area contributed by atoms with E-state index >= 15 is 0 Å². The van der Waals surface area contributed by atoms with Crippen LogP contribution >= 0.6 is 11.6 Å². The Balaban J connectivity index is 1.63. The monoisotopic (exact) mass is 341 g/mol. The van der Waals surface area contributed by atoms with Gasteiger partial charge in [-0.05, 0) is 31.0 Å². The maximum Gasteiger partial charge on any atom is 0.193 e. The van der Waals surface area contributed by atoms with Crippen molar-refractivity contribution in [3.8, 4) is 5.75 Å². The van der Waals surface area contributed by atoms with Crippen LogP contribution in [-0.4, -0.2) is 46.0 Å². The first-order chi connectivity index (χ1) is 11.2. The van der Waals surface area contributed by atoms with Crippen LogP contribution in [0.15, 0.2) is 23.2 Å². The number of benzene rings is 1. The van der Waals surface area contributed by atoms with E-state index in [0.29, 0.717) is 35.8 Å². The van der Waals surface area contributed by atoms with Crippen molar-refractivity contribution < 1.29 is 14.2 Å². The van der Waals surface area contributed by atoms with Crippen LogP contribution in [-0.2, 0) is 9.47 Å². The highest BCUT2D eigenvalue weighted by atomic mass is 35.5. The lowest BCUT2D eigenvalue weighted by atomic mass is 10.1. The molecule has 1 aliphatic rings. The Morgan fingerprint density at radius 2 is 2.39 bits per heavy atom. The molecular formula is C16H24ClN3O3. The zero-order chi connectivity index (χ0) is 16.5. The fraction of sp³-hybridized carbons (Fsp3) is 0.562. The molecule has 1 heterocycles. The van der Waals surface area contributed by atoms with E-state index in [1.807, 2.05) is 6.07 Å². The van der Waals surface area contributed by atoms with Gasteiger partial charge in [-0.25, -0.2) is 0 Å². The molecule has 1 unspecified atom stereocenters. The molecule has 0 aromatic heterocycles. The van der Waals surface area contributed by atoms with Gasteiger partial charge in [-0.1, -0.05) is 11.6 Å². The molecule has 1 fully saturated rings. The number of nitrogens with zero attached hydrogens (tertiary/aromatic N) is 1. The van der Waals surface area contributed by atoms with Crippen LogP contribution in [0.5, 0.6) is 5.75 Å². The van der Waals surface area contributed by atoms with E-state index in [4.69, 9.17) is 31.5 Å². The van der Waals surface area contributed by atoms with Gasteiger partial charge in [0.1, 0.15) is 5.75 Å². The van der Waals surface area contributed by atoms with Gasteiger partial charge in [-0.2, -0.15) is 0 Å². The number of halogens is 1. The molecule has 0 saturated carbocycles. The summed E-state index contributed by atoms with van der Waals surface area (Å²) in [5.74, 6) is 1.53. The van der Waals surface area contributed by atoms with E-state index in [1.54, 1.807) is 19.2 Å². The van der Waals surface area contributed by atoms with Gasteiger partial charge in [0.25, 0.3) is 0 Å². The molecule has 3 N–H and O–H groups in total. The van der Waals surface area contributed by atoms with Crippen LogP contribution in [0.2, 0.25) is 5.02 Å². The summed E-state index contributed by atoms with van der Waals surface area (Å²) in [6.07, 6.45) is 1.93. The number of nitrogens with two attached hydrogens (primary N) is 1. The van der Waals surface area contributed by atoms with Gasteiger partial charge in [0.2, 0.25) is 0 Å². The van der Waals surface area contributed by atoms with Gasteiger partial charge in [0.05, 0.1) is 25.3 Å². The lowest BCUT2D eigenvalue weighted by molar-refractivity contribution is 0.0893. The van der Waals surface area contributed by atoms with E-state index < -0.39 is 0 Å². The Labute approximate surface area is 142 Å². The first-order valence-corrected chi connectivity index (χ1v) is 8.13. The number of anilines is 1. The van der Waals surface area contributed by atoms with Gasteiger partial charge >= 0.3 is 0 Å². The zero-order valence-corrected chi connectivity index (χ0v) is 14.1. The fourth-order valence-electron chi connectivity index (χ4n) is 2.26. The molecule has 1 aromatic rings. The molecule has 0 radical (unpaired) electrons. The fourth-order valence-corrected chi connectivity index (χ4v) is 2.52. The summed E-state index contributed by atoms with van der Waals surface area (Å²) in [7, 11) is 1.58. The number of hydrogen-bond donors (Lipinski definition) is 2. The normalized spacial score (nSPS) is 18.2. The molecule has 1 aromatic carbocycles. The minimum absolute atomic E-state index is 0.357. The second-order valence-electron chi connectivity index (χ2n) is 5.40. The molecule has 7 heteroatoms. The van der Waals surface area contributed by atoms with Crippen molar-refractivity contribution in [1.82, 2.24) is 0 Å².